The highest BCUT2D eigenvalue weighted by Gasteiger charge is 2.26. The van der Waals surface area contributed by atoms with Crippen molar-refractivity contribution in [3.05, 3.63) is 147 Å². The van der Waals surface area contributed by atoms with Gasteiger partial charge in [-0.05, 0) is 77.4 Å². The molecule has 0 spiro atoms. The molecule has 0 unspecified atom stereocenters. The monoisotopic (exact) mass is 626 g/mol. The summed E-state index contributed by atoms with van der Waals surface area (Å²) in [6, 6.07) is 32.0. The van der Waals surface area contributed by atoms with Crippen molar-refractivity contribution in [2.75, 3.05) is 12.3 Å². The standard InChI is InChI=1S/C34H31ClN4O4S/c35-27-14-17-31-30(23-27)29(20-22-44(42,43)28-15-11-24(12-16-28)13-18-33(40)41)32(19-21-37-38-36)39(31)34(25-7-3-1-4-8-25)26-9-5-2-6-10-26/h1-12,14-17,23,34H,13,18-22H2,(H,40,41). The first kappa shape index (κ1) is 30.9. The van der Waals surface area contributed by atoms with Gasteiger partial charge in [0.25, 0.3) is 0 Å². The van der Waals surface area contributed by atoms with Crippen molar-refractivity contribution >= 4 is 38.3 Å². The van der Waals surface area contributed by atoms with Crippen molar-refractivity contribution in [2.45, 2.75) is 36.6 Å². The molecule has 0 aliphatic heterocycles. The second-order valence-corrected chi connectivity index (χ2v) is 13.0. The Morgan fingerprint density at radius 1 is 0.886 bits per heavy atom. The minimum absolute atomic E-state index is 0.0235. The lowest BCUT2D eigenvalue weighted by molar-refractivity contribution is -0.136. The highest BCUT2D eigenvalue weighted by molar-refractivity contribution is 7.91. The first-order valence-corrected chi connectivity index (χ1v) is 16.3. The summed E-state index contributed by atoms with van der Waals surface area (Å²) in [4.78, 5) is 14.1. The van der Waals surface area contributed by atoms with Gasteiger partial charge in [-0.3, -0.25) is 4.79 Å². The summed E-state index contributed by atoms with van der Waals surface area (Å²) in [5, 5.41) is 14.2. The van der Waals surface area contributed by atoms with Crippen LogP contribution in [0.1, 0.15) is 40.4 Å². The number of hydrogen-bond donors (Lipinski definition) is 1. The molecule has 44 heavy (non-hydrogen) atoms. The number of carbonyl (C=O) groups is 1. The third-order valence-corrected chi connectivity index (χ3v) is 9.68. The maximum absolute atomic E-state index is 13.5. The van der Waals surface area contributed by atoms with Gasteiger partial charge in [-0.1, -0.05) is 89.5 Å². The van der Waals surface area contributed by atoms with Crippen molar-refractivity contribution in [1.82, 2.24) is 4.57 Å². The summed E-state index contributed by atoms with van der Waals surface area (Å²) in [5.74, 6) is -1.05. The Morgan fingerprint density at radius 3 is 2.11 bits per heavy atom. The Morgan fingerprint density at radius 2 is 1.52 bits per heavy atom. The smallest absolute Gasteiger partial charge is 0.303 e. The summed E-state index contributed by atoms with van der Waals surface area (Å²) >= 11 is 6.51. The number of nitrogens with zero attached hydrogens (tertiary/aromatic N) is 4. The molecule has 0 amide bonds. The molecule has 0 radical (unpaired) electrons. The van der Waals surface area contributed by atoms with E-state index in [1.807, 2.05) is 54.6 Å². The molecule has 4 aromatic carbocycles. The summed E-state index contributed by atoms with van der Waals surface area (Å²) in [5.41, 5.74) is 14.6. The normalized spacial score (nSPS) is 11.5. The first-order valence-electron chi connectivity index (χ1n) is 14.2. The van der Waals surface area contributed by atoms with Gasteiger partial charge >= 0.3 is 5.97 Å². The predicted octanol–water partition coefficient (Wildman–Crippen LogP) is 7.82. The summed E-state index contributed by atoms with van der Waals surface area (Å²) in [7, 11) is -3.68. The maximum atomic E-state index is 13.5. The molecule has 0 fully saturated rings. The molecule has 1 N–H and O–H groups in total. The van der Waals surface area contributed by atoms with E-state index in [2.05, 4.69) is 38.9 Å². The molecule has 0 saturated heterocycles. The molecule has 0 saturated carbocycles. The van der Waals surface area contributed by atoms with Crippen LogP contribution in [0, 0.1) is 0 Å². The fourth-order valence-electron chi connectivity index (χ4n) is 5.68. The predicted molar refractivity (Wildman–Crippen MR) is 173 cm³/mol. The topological polar surface area (TPSA) is 125 Å². The summed E-state index contributed by atoms with van der Waals surface area (Å²) in [6.07, 6.45) is 0.924. The van der Waals surface area contributed by atoms with Gasteiger partial charge in [0.1, 0.15) is 0 Å². The van der Waals surface area contributed by atoms with Gasteiger partial charge in [0, 0.05) is 39.5 Å². The molecular formula is C34H31ClN4O4S. The molecule has 5 rings (SSSR count). The molecule has 224 valence electrons. The van der Waals surface area contributed by atoms with E-state index in [0.717, 1.165) is 38.9 Å². The van der Waals surface area contributed by atoms with Gasteiger partial charge in [-0.15, -0.1) is 0 Å². The summed E-state index contributed by atoms with van der Waals surface area (Å²) in [6.45, 7) is 0.203. The van der Waals surface area contributed by atoms with Gasteiger partial charge in [0.15, 0.2) is 9.84 Å². The van der Waals surface area contributed by atoms with Crippen LogP contribution in [-0.4, -0.2) is 36.4 Å². The van der Waals surface area contributed by atoms with E-state index >= 15 is 0 Å². The van der Waals surface area contributed by atoms with E-state index < -0.39 is 15.8 Å². The number of fused-ring (bicyclic) bond motifs is 1. The molecule has 1 aromatic heterocycles. The van der Waals surface area contributed by atoms with Crippen LogP contribution < -0.4 is 0 Å². The molecule has 8 nitrogen and oxygen atoms in total. The fraction of sp³-hybridized carbons (Fsp3) is 0.206. The van der Waals surface area contributed by atoms with Gasteiger partial charge in [-0.25, -0.2) is 8.42 Å². The van der Waals surface area contributed by atoms with E-state index in [1.165, 1.54) is 12.1 Å². The minimum atomic E-state index is -3.68. The number of azide groups is 1. The van der Waals surface area contributed by atoms with Crippen LogP contribution in [0.2, 0.25) is 5.02 Å². The summed E-state index contributed by atoms with van der Waals surface area (Å²) < 4.78 is 29.3. The van der Waals surface area contributed by atoms with E-state index in [-0.39, 0.29) is 36.1 Å². The van der Waals surface area contributed by atoms with Crippen LogP contribution in [0.3, 0.4) is 0 Å². The molecule has 5 aromatic rings. The number of halogens is 1. The number of hydrogen-bond acceptors (Lipinski definition) is 4. The molecule has 0 aliphatic carbocycles. The van der Waals surface area contributed by atoms with Gasteiger partial charge in [-0.2, -0.15) is 0 Å². The maximum Gasteiger partial charge on any atom is 0.303 e. The Balaban J connectivity index is 1.61. The SMILES string of the molecule is [N-]=[N+]=NCCc1c(CCS(=O)(=O)c2ccc(CCC(=O)O)cc2)c2cc(Cl)ccc2n1C(c1ccccc1)c1ccccc1. The van der Waals surface area contributed by atoms with Crippen molar-refractivity contribution in [2.24, 2.45) is 5.11 Å². The van der Waals surface area contributed by atoms with E-state index in [4.69, 9.17) is 22.2 Å². The van der Waals surface area contributed by atoms with Gasteiger partial charge in [0.05, 0.1) is 16.7 Å². The minimum Gasteiger partial charge on any atom is -0.481 e. The second kappa shape index (κ2) is 13.8. The van der Waals surface area contributed by atoms with Crippen molar-refractivity contribution < 1.29 is 18.3 Å². The van der Waals surface area contributed by atoms with E-state index in [1.54, 1.807) is 12.1 Å². The largest absolute Gasteiger partial charge is 0.481 e. The molecular weight excluding hydrogens is 596 g/mol. The zero-order valence-corrected chi connectivity index (χ0v) is 25.5. The van der Waals surface area contributed by atoms with E-state index in [9.17, 15) is 13.2 Å². The zero-order valence-electron chi connectivity index (χ0n) is 23.9. The third-order valence-electron chi connectivity index (χ3n) is 7.71. The third kappa shape index (κ3) is 6.97. The highest BCUT2D eigenvalue weighted by atomic mass is 35.5. The number of carboxylic acid groups (broad SMARTS) is 1. The average molecular weight is 627 g/mol. The number of aryl methyl sites for hydroxylation is 2. The van der Waals surface area contributed by atoms with Crippen molar-refractivity contribution in [3.8, 4) is 0 Å². The van der Waals surface area contributed by atoms with Gasteiger partial charge in [0.2, 0.25) is 0 Å². The number of aliphatic carboxylic acids is 1. The van der Waals surface area contributed by atoms with Crippen LogP contribution in [0.15, 0.2) is 113 Å². The average Bonchev–Trinajstić information content (AvgIpc) is 3.32. The molecule has 0 bridgehead atoms. The van der Waals surface area contributed by atoms with Gasteiger partial charge < -0.3 is 9.67 Å². The molecule has 10 heteroatoms. The Hall–Kier alpha value is -4.56. The number of carboxylic acids is 1. The Labute approximate surface area is 261 Å². The first-order chi connectivity index (χ1) is 21.3. The number of aromatic nitrogens is 1. The Kier molecular flexibility index (Phi) is 9.70. The number of sulfone groups is 1. The number of rotatable bonds is 13. The number of benzene rings is 4. The lowest BCUT2D eigenvalue weighted by atomic mass is 9.97. The molecule has 0 aliphatic rings. The van der Waals surface area contributed by atoms with Crippen LogP contribution in [-0.2, 0) is 33.9 Å². The zero-order chi connectivity index (χ0) is 31.1. The van der Waals surface area contributed by atoms with Crippen LogP contribution in [0.25, 0.3) is 21.3 Å². The van der Waals surface area contributed by atoms with Crippen LogP contribution >= 0.6 is 11.6 Å². The van der Waals surface area contributed by atoms with E-state index in [0.29, 0.717) is 17.9 Å². The lowest BCUT2D eigenvalue weighted by Crippen LogP contribution is -2.17. The fourth-order valence-corrected chi connectivity index (χ4v) is 7.11. The second-order valence-electron chi connectivity index (χ2n) is 10.5. The van der Waals surface area contributed by atoms with Crippen molar-refractivity contribution in [3.63, 3.8) is 0 Å². The molecule has 1 heterocycles. The van der Waals surface area contributed by atoms with Crippen LogP contribution in [0.5, 0.6) is 0 Å². The quantitative estimate of drug-likeness (QED) is 0.0812. The molecule has 0 atom stereocenters. The highest BCUT2D eigenvalue weighted by Crippen LogP contribution is 2.38. The Bertz CT molecular complexity index is 1880. The van der Waals surface area contributed by atoms with Crippen LogP contribution in [0.4, 0.5) is 0 Å². The lowest BCUT2D eigenvalue weighted by Gasteiger charge is -2.25. The van der Waals surface area contributed by atoms with Crippen molar-refractivity contribution in [1.29, 1.82) is 0 Å².